The van der Waals surface area contributed by atoms with Gasteiger partial charge in [0, 0.05) is 16.3 Å². The molecule has 0 saturated carbocycles. The summed E-state index contributed by atoms with van der Waals surface area (Å²) < 4.78 is 16.3. The first-order valence-corrected chi connectivity index (χ1v) is 12.0. The van der Waals surface area contributed by atoms with E-state index in [9.17, 15) is 39.9 Å². The van der Waals surface area contributed by atoms with Gasteiger partial charge < -0.3 is 45.5 Å². The van der Waals surface area contributed by atoms with Crippen LogP contribution < -0.4 is 15.8 Å². The summed E-state index contributed by atoms with van der Waals surface area (Å²) in [7, 11) is 0. The lowest BCUT2D eigenvalue weighted by molar-refractivity contribution is -0.277. The fraction of sp³-hybridized carbons (Fsp3) is 0.222. The first-order chi connectivity index (χ1) is 19.1. The Morgan fingerprint density at radius 2 is 1.65 bits per heavy atom. The number of amides is 3. The van der Waals surface area contributed by atoms with Crippen molar-refractivity contribution in [2.75, 3.05) is 6.61 Å². The van der Waals surface area contributed by atoms with Gasteiger partial charge in [0.15, 0.2) is 17.3 Å². The van der Waals surface area contributed by atoms with E-state index in [-0.39, 0.29) is 16.7 Å². The summed E-state index contributed by atoms with van der Waals surface area (Å²) in [6.45, 7) is -0.673. The van der Waals surface area contributed by atoms with E-state index >= 15 is 0 Å². The molecule has 40 heavy (non-hydrogen) atoms. The maximum absolute atomic E-state index is 12.8. The molecule has 0 spiro atoms. The molecular formula is C27H24N2O11. The fourth-order valence-electron chi connectivity index (χ4n) is 4.75. The standard InChI is InChI=1S/C27H24N2O11/c28-26(36)29-27(37)38-10-17-21(33)22(34)23(35)25(39-17)40-24-16(31)9-12-8-15(30)20(32)14-7-6-13(19(24)18(12)14)11-4-2-1-3-5-11/h1-9,17,21-23,25,30-31,33-35H,10H2,(H3,28,29,36,37)/t17-,21-,22+,23-,25+/m1/s1. The second-order valence-corrected chi connectivity index (χ2v) is 9.17. The summed E-state index contributed by atoms with van der Waals surface area (Å²) in [6, 6.07) is 12.2. The predicted octanol–water partition coefficient (Wildman–Crippen LogP) is 1.30. The number of alkyl carbamates (subject to hydrolysis) is 1. The zero-order chi connectivity index (χ0) is 28.7. The Labute approximate surface area is 225 Å². The molecular weight excluding hydrogens is 528 g/mol. The summed E-state index contributed by atoms with van der Waals surface area (Å²) in [6.07, 6.45) is -8.56. The molecule has 208 valence electrons. The molecule has 1 aliphatic heterocycles. The van der Waals surface area contributed by atoms with E-state index in [1.165, 1.54) is 18.2 Å². The minimum atomic E-state index is -1.83. The Kier molecular flexibility index (Phi) is 7.04. The van der Waals surface area contributed by atoms with Crippen LogP contribution in [0.4, 0.5) is 9.59 Å². The zero-order valence-electron chi connectivity index (χ0n) is 20.6. The third-order valence-electron chi connectivity index (χ3n) is 6.61. The van der Waals surface area contributed by atoms with Gasteiger partial charge >= 0.3 is 12.1 Å². The number of nitrogens with two attached hydrogens (primary N) is 1. The number of nitrogens with one attached hydrogen (secondary N) is 1. The van der Waals surface area contributed by atoms with Gasteiger partial charge in [0.1, 0.15) is 31.0 Å². The number of ether oxygens (including phenoxy) is 3. The molecule has 3 aromatic carbocycles. The number of benzene rings is 3. The molecule has 5 atom stereocenters. The van der Waals surface area contributed by atoms with Crippen molar-refractivity contribution in [3.05, 3.63) is 65.4 Å². The lowest BCUT2D eigenvalue weighted by Gasteiger charge is -2.40. The van der Waals surface area contributed by atoms with Crippen LogP contribution in [0.25, 0.3) is 28.0 Å². The van der Waals surface area contributed by atoms with Crippen LogP contribution in [0, 0.1) is 0 Å². The Bertz CT molecular complexity index is 1540. The molecule has 3 aromatic rings. The van der Waals surface area contributed by atoms with E-state index in [1.54, 1.807) is 41.7 Å². The number of phenolic OH excluding ortho intramolecular Hbond substituents is 1. The van der Waals surface area contributed by atoms with E-state index in [1.807, 2.05) is 0 Å². The van der Waals surface area contributed by atoms with Gasteiger partial charge in [-0.1, -0.05) is 36.4 Å². The highest BCUT2D eigenvalue weighted by atomic mass is 16.7. The smallest absolute Gasteiger partial charge is 0.415 e. The molecule has 1 aliphatic carbocycles. The van der Waals surface area contributed by atoms with Crippen LogP contribution in [0.2, 0.25) is 0 Å². The number of aliphatic hydroxyl groups excluding tert-OH is 4. The van der Waals surface area contributed by atoms with Crippen LogP contribution in [0.5, 0.6) is 11.5 Å². The highest BCUT2D eigenvalue weighted by Crippen LogP contribution is 2.47. The Morgan fingerprint density at radius 3 is 2.35 bits per heavy atom. The zero-order valence-corrected chi connectivity index (χ0v) is 20.6. The third kappa shape index (κ3) is 4.78. The number of aliphatic hydroxyl groups is 4. The molecule has 0 aromatic heterocycles. The third-order valence-corrected chi connectivity index (χ3v) is 6.61. The number of ketones is 1. The molecule has 2 aliphatic rings. The van der Waals surface area contributed by atoms with Gasteiger partial charge in [-0.05, 0) is 34.9 Å². The second kappa shape index (κ2) is 10.5. The van der Waals surface area contributed by atoms with Crippen LogP contribution in [0.3, 0.4) is 0 Å². The maximum atomic E-state index is 12.8. The van der Waals surface area contributed by atoms with Crippen molar-refractivity contribution in [1.82, 2.24) is 5.32 Å². The topological polar surface area (TPSA) is 218 Å². The van der Waals surface area contributed by atoms with Gasteiger partial charge in [-0.15, -0.1) is 0 Å². The van der Waals surface area contributed by atoms with Crippen molar-refractivity contribution in [2.45, 2.75) is 30.7 Å². The Balaban J connectivity index is 1.58. The number of rotatable bonds is 5. The van der Waals surface area contributed by atoms with Gasteiger partial charge in [0.05, 0.1) is 0 Å². The number of urea groups is 1. The molecule has 1 heterocycles. The van der Waals surface area contributed by atoms with E-state index in [0.717, 1.165) is 0 Å². The number of aromatic hydroxyl groups is 1. The SMILES string of the molecule is NC(=O)NC(=O)OC[C@H]1O[C@@H](Oc2c(O)cc3c4c(ccc(-c5ccccc5)c24)C(=O)C(O)=C3)[C@H](O)[C@@H](O)[C@@H]1O. The molecule has 0 unspecified atom stereocenters. The number of phenols is 1. The summed E-state index contributed by atoms with van der Waals surface area (Å²) in [5.74, 6) is -1.82. The highest BCUT2D eigenvalue weighted by molar-refractivity contribution is 6.24. The number of allylic oxidation sites excluding steroid dienone is 1. The lowest BCUT2D eigenvalue weighted by Crippen LogP contribution is -2.60. The van der Waals surface area contributed by atoms with Crippen LogP contribution >= 0.6 is 0 Å². The first-order valence-electron chi connectivity index (χ1n) is 12.0. The molecule has 13 nitrogen and oxygen atoms in total. The molecule has 0 bridgehead atoms. The molecule has 8 N–H and O–H groups in total. The van der Waals surface area contributed by atoms with Crippen LogP contribution in [-0.4, -0.2) is 80.8 Å². The number of hydrogen-bond donors (Lipinski definition) is 7. The summed E-state index contributed by atoms with van der Waals surface area (Å²) in [4.78, 5) is 35.2. The number of carbonyl (C=O) groups is 3. The van der Waals surface area contributed by atoms with Gasteiger partial charge in [-0.2, -0.15) is 0 Å². The van der Waals surface area contributed by atoms with Gasteiger partial charge in [-0.3, -0.25) is 4.79 Å². The molecule has 5 rings (SSSR count). The normalized spacial score (nSPS) is 23.8. The fourth-order valence-corrected chi connectivity index (χ4v) is 4.75. The minimum absolute atomic E-state index is 0.141. The van der Waals surface area contributed by atoms with Crippen molar-refractivity contribution >= 4 is 34.8 Å². The lowest BCUT2D eigenvalue weighted by atomic mass is 9.86. The molecule has 13 heteroatoms. The van der Waals surface area contributed by atoms with E-state index in [2.05, 4.69) is 0 Å². The van der Waals surface area contributed by atoms with Gasteiger partial charge in [-0.25, -0.2) is 14.9 Å². The molecule has 3 amide bonds. The van der Waals surface area contributed by atoms with Crippen molar-refractivity contribution in [2.24, 2.45) is 5.73 Å². The number of imide groups is 1. The average molecular weight is 552 g/mol. The summed E-state index contributed by atoms with van der Waals surface area (Å²) >= 11 is 0. The number of carbonyl (C=O) groups excluding carboxylic acids is 3. The monoisotopic (exact) mass is 552 g/mol. The highest BCUT2D eigenvalue weighted by Gasteiger charge is 2.46. The average Bonchev–Trinajstić information content (AvgIpc) is 2.92. The van der Waals surface area contributed by atoms with E-state index in [4.69, 9.17) is 19.9 Å². The van der Waals surface area contributed by atoms with E-state index < -0.39 is 66.7 Å². The largest absolute Gasteiger partial charge is 0.504 e. The molecule has 0 radical (unpaired) electrons. The Hall–Kier alpha value is -4.69. The van der Waals surface area contributed by atoms with Crippen molar-refractivity contribution in [1.29, 1.82) is 0 Å². The van der Waals surface area contributed by atoms with Crippen LogP contribution in [-0.2, 0) is 9.47 Å². The van der Waals surface area contributed by atoms with Crippen LogP contribution in [0.15, 0.2) is 54.3 Å². The van der Waals surface area contributed by atoms with Crippen molar-refractivity contribution in [3.8, 4) is 22.6 Å². The summed E-state index contributed by atoms with van der Waals surface area (Å²) in [5.41, 5.74) is 6.55. The van der Waals surface area contributed by atoms with E-state index in [0.29, 0.717) is 22.1 Å². The number of Topliss-reactive ketones (excluding diaryl/α,β-unsaturated/α-hetero) is 1. The molecule has 1 saturated heterocycles. The number of primary amides is 1. The minimum Gasteiger partial charge on any atom is -0.504 e. The predicted molar refractivity (Wildman–Crippen MR) is 137 cm³/mol. The Morgan fingerprint density at radius 1 is 0.950 bits per heavy atom. The summed E-state index contributed by atoms with van der Waals surface area (Å²) in [5, 5.41) is 54.9. The number of hydrogen-bond acceptors (Lipinski definition) is 11. The maximum Gasteiger partial charge on any atom is 0.415 e. The van der Waals surface area contributed by atoms with Crippen molar-refractivity contribution in [3.63, 3.8) is 0 Å². The van der Waals surface area contributed by atoms with Crippen molar-refractivity contribution < 1.29 is 54.1 Å². The quantitative estimate of drug-likeness (QED) is 0.239. The molecule has 1 fully saturated rings. The second-order valence-electron chi connectivity index (χ2n) is 9.17. The van der Waals surface area contributed by atoms with Crippen LogP contribution in [0.1, 0.15) is 15.9 Å². The first kappa shape index (κ1) is 26.9. The van der Waals surface area contributed by atoms with Gasteiger partial charge in [0.25, 0.3) is 0 Å². The van der Waals surface area contributed by atoms with Gasteiger partial charge in [0.2, 0.25) is 12.1 Å².